The lowest BCUT2D eigenvalue weighted by Crippen LogP contribution is -2.21. The van der Waals surface area contributed by atoms with Gasteiger partial charge < -0.3 is 5.32 Å². The summed E-state index contributed by atoms with van der Waals surface area (Å²) in [5.74, 6) is 1.13. The predicted molar refractivity (Wildman–Crippen MR) is 82.7 cm³/mol. The minimum atomic E-state index is 0.563. The lowest BCUT2D eigenvalue weighted by atomic mass is 10.1. The summed E-state index contributed by atoms with van der Waals surface area (Å²) >= 11 is 1.92. The van der Waals surface area contributed by atoms with Gasteiger partial charge in [-0.3, -0.25) is 0 Å². The Morgan fingerprint density at radius 3 is 2.68 bits per heavy atom. The first-order valence-electron chi connectivity index (χ1n) is 6.92. The molecule has 0 spiro atoms. The van der Waals surface area contributed by atoms with Gasteiger partial charge in [-0.2, -0.15) is 0 Å². The summed E-state index contributed by atoms with van der Waals surface area (Å²) < 4.78 is 0. The summed E-state index contributed by atoms with van der Waals surface area (Å²) in [7, 11) is 0. The molecule has 0 fully saturated rings. The Kier molecular flexibility index (Phi) is 4.21. The van der Waals surface area contributed by atoms with Gasteiger partial charge in [0.1, 0.15) is 0 Å². The van der Waals surface area contributed by atoms with E-state index in [0.717, 1.165) is 12.3 Å². The zero-order valence-corrected chi connectivity index (χ0v) is 11.8. The fourth-order valence-corrected chi connectivity index (χ4v) is 3.49. The molecular formula is C17H19NS. The summed E-state index contributed by atoms with van der Waals surface area (Å²) in [4.78, 5) is 1.36. The van der Waals surface area contributed by atoms with Gasteiger partial charge in [-0.1, -0.05) is 42.5 Å². The molecule has 1 atom stereocenters. The van der Waals surface area contributed by atoms with E-state index in [0.29, 0.717) is 6.04 Å². The van der Waals surface area contributed by atoms with Crippen LogP contribution in [0.2, 0.25) is 0 Å². The van der Waals surface area contributed by atoms with Crippen molar-refractivity contribution in [1.29, 1.82) is 0 Å². The molecule has 0 aromatic heterocycles. The first-order valence-corrected chi connectivity index (χ1v) is 7.91. The van der Waals surface area contributed by atoms with Crippen LogP contribution in [0.5, 0.6) is 0 Å². The highest BCUT2D eigenvalue weighted by molar-refractivity contribution is 7.99. The second-order valence-corrected chi connectivity index (χ2v) is 6.07. The third-order valence-electron chi connectivity index (χ3n) is 3.64. The highest BCUT2D eigenvalue weighted by Crippen LogP contribution is 2.30. The van der Waals surface area contributed by atoms with Gasteiger partial charge in [0.25, 0.3) is 0 Å². The molecule has 1 unspecified atom stereocenters. The van der Waals surface area contributed by atoms with Gasteiger partial charge in [-0.25, -0.2) is 0 Å². The lowest BCUT2D eigenvalue weighted by molar-refractivity contribution is 0.552. The summed E-state index contributed by atoms with van der Waals surface area (Å²) in [5, 5.41) is 3.69. The number of aryl methyl sites for hydroxylation is 1. The van der Waals surface area contributed by atoms with Crippen molar-refractivity contribution in [2.75, 3.05) is 12.3 Å². The second-order valence-electron chi connectivity index (χ2n) is 4.91. The van der Waals surface area contributed by atoms with Gasteiger partial charge in [0.15, 0.2) is 0 Å². The highest BCUT2D eigenvalue weighted by atomic mass is 32.2. The highest BCUT2D eigenvalue weighted by Gasteiger charge is 2.20. The van der Waals surface area contributed by atoms with Crippen LogP contribution in [-0.2, 0) is 6.42 Å². The Morgan fingerprint density at radius 2 is 1.79 bits per heavy atom. The molecule has 98 valence electrons. The smallest absolute Gasteiger partial charge is 0.0326 e. The van der Waals surface area contributed by atoms with E-state index < -0.39 is 0 Å². The molecule has 3 rings (SSSR count). The van der Waals surface area contributed by atoms with Crippen LogP contribution in [-0.4, -0.2) is 12.3 Å². The van der Waals surface area contributed by atoms with Crippen molar-refractivity contribution in [2.45, 2.75) is 23.8 Å². The van der Waals surface area contributed by atoms with Crippen molar-refractivity contribution in [3.05, 3.63) is 65.7 Å². The molecule has 2 aromatic rings. The maximum absolute atomic E-state index is 3.69. The number of rotatable bonds is 5. The van der Waals surface area contributed by atoms with Crippen molar-refractivity contribution in [1.82, 2.24) is 5.32 Å². The molecule has 2 heteroatoms. The zero-order valence-electron chi connectivity index (χ0n) is 11.0. The van der Waals surface area contributed by atoms with E-state index in [1.807, 2.05) is 11.8 Å². The van der Waals surface area contributed by atoms with E-state index in [-0.39, 0.29) is 0 Å². The number of hydrogen-bond acceptors (Lipinski definition) is 2. The van der Waals surface area contributed by atoms with E-state index in [9.17, 15) is 0 Å². The topological polar surface area (TPSA) is 12.0 Å². The summed E-state index contributed by atoms with van der Waals surface area (Å²) in [5.41, 5.74) is 3.03. The molecule has 0 bridgehead atoms. The number of thioether (sulfide) groups is 1. The summed E-state index contributed by atoms with van der Waals surface area (Å²) in [6, 6.07) is 20.0. The zero-order chi connectivity index (χ0) is 12.9. The number of benzene rings is 2. The maximum atomic E-state index is 3.69. The number of hydrogen-bond donors (Lipinski definition) is 1. The van der Waals surface area contributed by atoms with Crippen LogP contribution in [0, 0.1) is 0 Å². The van der Waals surface area contributed by atoms with Crippen LogP contribution < -0.4 is 5.32 Å². The van der Waals surface area contributed by atoms with Gasteiger partial charge in [0, 0.05) is 23.2 Å². The molecule has 0 saturated heterocycles. The first-order chi connectivity index (χ1) is 9.43. The molecule has 1 nitrogen and oxygen atoms in total. The molecule has 0 amide bonds. The fourth-order valence-electron chi connectivity index (χ4n) is 2.69. The molecule has 2 aromatic carbocycles. The third kappa shape index (κ3) is 3.20. The Balaban J connectivity index is 1.47. The Bertz CT molecular complexity index is 524. The molecule has 0 aliphatic heterocycles. The number of nitrogens with one attached hydrogen (secondary N) is 1. The Labute approximate surface area is 119 Å². The van der Waals surface area contributed by atoms with Crippen molar-refractivity contribution < 1.29 is 0 Å². The van der Waals surface area contributed by atoms with Gasteiger partial charge in [0.2, 0.25) is 0 Å². The van der Waals surface area contributed by atoms with Crippen LogP contribution in [0.15, 0.2) is 59.5 Å². The number of fused-ring (bicyclic) bond motifs is 1. The minimum absolute atomic E-state index is 0.563. The Hall–Kier alpha value is -1.25. The predicted octanol–water partition coefficient (Wildman–Crippen LogP) is 4.06. The second kappa shape index (κ2) is 6.27. The van der Waals surface area contributed by atoms with E-state index in [1.165, 1.54) is 28.9 Å². The molecule has 0 heterocycles. The molecule has 19 heavy (non-hydrogen) atoms. The standard InChI is InChI=1S/C17H19NS/c1-2-7-15(8-3-1)19-13-12-18-17-11-10-14-6-4-5-9-16(14)17/h1-9,17-18H,10-13H2. The van der Waals surface area contributed by atoms with Gasteiger partial charge >= 0.3 is 0 Å². The van der Waals surface area contributed by atoms with Gasteiger partial charge in [0.05, 0.1) is 0 Å². The summed E-state index contributed by atoms with van der Waals surface area (Å²) in [6.07, 6.45) is 2.47. The summed E-state index contributed by atoms with van der Waals surface area (Å²) in [6.45, 7) is 1.07. The molecule has 1 aliphatic carbocycles. The van der Waals surface area contributed by atoms with E-state index in [2.05, 4.69) is 59.9 Å². The third-order valence-corrected chi connectivity index (χ3v) is 4.65. The van der Waals surface area contributed by atoms with Crippen molar-refractivity contribution >= 4 is 11.8 Å². The van der Waals surface area contributed by atoms with Crippen LogP contribution in [0.25, 0.3) is 0 Å². The van der Waals surface area contributed by atoms with Gasteiger partial charge in [-0.15, -0.1) is 11.8 Å². The monoisotopic (exact) mass is 269 g/mol. The van der Waals surface area contributed by atoms with Crippen molar-refractivity contribution in [3.63, 3.8) is 0 Å². The SMILES string of the molecule is c1ccc(SCCNC2CCc3ccccc32)cc1. The average Bonchev–Trinajstić information content (AvgIpc) is 2.88. The molecule has 1 aliphatic rings. The minimum Gasteiger partial charge on any atom is -0.309 e. The van der Waals surface area contributed by atoms with Crippen LogP contribution in [0.3, 0.4) is 0 Å². The average molecular weight is 269 g/mol. The van der Waals surface area contributed by atoms with E-state index >= 15 is 0 Å². The normalized spacial score (nSPS) is 17.4. The molecule has 1 N–H and O–H groups in total. The van der Waals surface area contributed by atoms with Crippen molar-refractivity contribution in [2.24, 2.45) is 0 Å². The van der Waals surface area contributed by atoms with E-state index in [1.54, 1.807) is 0 Å². The largest absolute Gasteiger partial charge is 0.309 e. The molecular weight excluding hydrogens is 250 g/mol. The van der Waals surface area contributed by atoms with Crippen LogP contribution in [0.1, 0.15) is 23.6 Å². The fraction of sp³-hybridized carbons (Fsp3) is 0.294. The quantitative estimate of drug-likeness (QED) is 0.649. The van der Waals surface area contributed by atoms with Crippen molar-refractivity contribution in [3.8, 4) is 0 Å². The Morgan fingerprint density at radius 1 is 1.00 bits per heavy atom. The maximum Gasteiger partial charge on any atom is 0.0326 e. The van der Waals surface area contributed by atoms with E-state index in [4.69, 9.17) is 0 Å². The van der Waals surface area contributed by atoms with Crippen LogP contribution >= 0.6 is 11.8 Å². The van der Waals surface area contributed by atoms with Crippen LogP contribution in [0.4, 0.5) is 0 Å². The lowest BCUT2D eigenvalue weighted by Gasteiger charge is -2.13. The van der Waals surface area contributed by atoms with Gasteiger partial charge in [-0.05, 0) is 36.1 Å². The molecule has 0 radical (unpaired) electrons. The molecule has 0 saturated carbocycles. The first kappa shape index (κ1) is 12.8.